The molecule has 1 aromatic carbocycles. The van der Waals surface area contributed by atoms with Crippen LogP contribution in [0.15, 0.2) is 18.2 Å². The summed E-state index contributed by atoms with van der Waals surface area (Å²) in [6, 6.07) is 3.99. The van der Waals surface area contributed by atoms with Crippen molar-refractivity contribution in [1.29, 1.82) is 0 Å². The molecule has 2 amide bonds. The third-order valence-corrected chi connectivity index (χ3v) is 2.18. The number of benzene rings is 1. The van der Waals surface area contributed by atoms with E-state index in [4.69, 9.17) is 9.84 Å². The molecule has 0 heterocycles. The van der Waals surface area contributed by atoms with Crippen molar-refractivity contribution in [3.63, 3.8) is 0 Å². The number of carboxylic acids is 1. The fourth-order valence-corrected chi connectivity index (χ4v) is 1.45. The molecule has 3 N–H and O–H groups in total. The summed E-state index contributed by atoms with van der Waals surface area (Å²) in [5.74, 6) is -0.886. The summed E-state index contributed by atoms with van der Waals surface area (Å²) >= 11 is 0. The molecule has 19 heavy (non-hydrogen) atoms. The standard InChI is InChI=1S/C13H18N2O4/c1-13(2,3)15-12(18)14-8-5-6-9(11(16)17)10(7-8)19-4/h5-7H,1-4H3,(H,16,17)(H2,14,15,18). The topological polar surface area (TPSA) is 87.7 Å². The second-order valence-electron chi connectivity index (χ2n) is 5.05. The maximum Gasteiger partial charge on any atom is 0.339 e. The minimum Gasteiger partial charge on any atom is -0.496 e. The summed E-state index contributed by atoms with van der Waals surface area (Å²) in [6.45, 7) is 5.59. The molecule has 1 aromatic rings. The van der Waals surface area contributed by atoms with E-state index in [1.54, 1.807) is 0 Å². The summed E-state index contributed by atoms with van der Waals surface area (Å²) in [4.78, 5) is 22.6. The number of hydrogen-bond donors (Lipinski definition) is 3. The van der Waals surface area contributed by atoms with Crippen molar-refractivity contribution in [2.45, 2.75) is 26.3 Å². The fraction of sp³-hybridized carbons (Fsp3) is 0.385. The van der Waals surface area contributed by atoms with Gasteiger partial charge in [0, 0.05) is 17.3 Å². The highest BCUT2D eigenvalue weighted by molar-refractivity contribution is 5.94. The van der Waals surface area contributed by atoms with E-state index >= 15 is 0 Å². The average molecular weight is 266 g/mol. The molecule has 0 atom stereocenters. The Hall–Kier alpha value is -2.24. The van der Waals surface area contributed by atoms with Gasteiger partial charge in [0.15, 0.2) is 0 Å². The van der Waals surface area contributed by atoms with Gasteiger partial charge in [-0.2, -0.15) is 0 Å². The van der Waals surface area contributed by atoms with Gasteiger partial charge in [0.1, 0.15) is 11.3 Å². The Morgan fingerprint density at radius 2 is 1.89 bits per heavy atom. The molecule has 0 aliphatic carbocycles. The molecule has 0 radical (unpaired) electrons. The molecule has 104 valence electrons. The van der Waals surface area contributed by atoms with Crippen molar-refractivity contribution in [2.75, 3.05) is 12.4 Å². The maximum atomic E-state index is 11.7. The van der Waals surface area contributed by atoms with Crippen LogP contribution in [0.1, 0.15) is 31.1 Å². The van der Waals surface area contributed by atoms with E-state index in [1.807, 2.05) is 20.8 Å². The lowest BCUT2D eigenvalue weighted by atomic mass is 10.1. The first-order chi connectivity index (χ1) is 8.73. The quantitative estimate of drug-likeness (QED) is 0.783. The van der Waals surface area contributed by atoms with Gasteiger partial charge in [0.25, 0.3) is 0 Å². The number of urea groups is 1. The average Bonchev–Trinajstić information content (AvgIpc) is 2.25. The predicted octanol–water partition coefficient (Wildman–Crippen LogP) is 2.31. The maximum absolute atomic E-state index is 11.7. The molecule has 6 nitrogen and oxygen atoms in total. The number of nitrogens with one attached hydrogen (secondary N) is 2. The van der Waals surface area contributed by atoms with E-state index in [-0.39, 0.29) is 22.9 Å². The van der Waals surface area contributed by atoms with Gasteiger partial charge in [0.2, 0.25) is 0 Å². The Kier molecular flexibility index (Phi) is 4.37. The molecule has 0 saturated carbocycles. The number of hydrogen-bond acceptors (Lipinski definition) is 3. The summed E-state index contributed by atoms with van der Waals surface area (Å²) in [5, 5.41) is 14.3. The number of aromatic carboxylic acids is 1. The van der Waals surface area contributed by atoms with Gasteiger partial charge in [-0.05, 0) is 32.9 Å². The lowest BCUT2D eigenvalue weighted by Gasteiger charge is -2.21. The molecule has 0 bridgehead atoms. The number of anilines is 1. The fourth-order valence-electron chi connectivity index (χ4n) is 1.45. The Bertz CT molecular complexity index is 492. The first kappa shape index (κ1) is 14.8. The molecule has 0 fully saturated rings. The molecule has 0 aliphatic heterocycles. The van der Waals surface area contributed by atoms with E-state index in [1.165, 1.54) is 25.3 Å². The van der Waals surface area contributed by atoms with Gasteiger partial charge in [-0.25, -0.2) is 9.59 Å². The third-order valence-electron chi connectivity index (χ3n) is 2.18. The minimum absolute atomic E-state index is 0.0456. The third kappa shape index (κ3) is 4.50. The summed E-state index contributed by atoms with van der Waals surface area (Å²) < 4.78 is 4.98. The van der Waals surface area contributed by atoms with Crippen molar-refractivity contribution in [3.05, 3.63) is 23.8 Å². The molecular weight excluding hydrogens is 248 g/mol. The number of rotatable bonds is 3. The van der Waals surface area contributed by atoms with Crippen LogP contribution in [-0.2, 0) is 0 Å². The summed E-state index contributed by atoms with van der Waals surface area (Å²) in [5.41, 5.74) is 0.155. The molecule has 6 heteroatoms. The minimum atomic E-state index is -1.08. The number of carboxylic acid groups (broad SMARTS) is 1. The van der Waals surface area contributed by atoms with Gasteiger partial charge < -0.3 is 20.5 Å². The predicted molar refractivity (Wildman–Crippen MR) is 71.9 cm³/mol. The normalized spacial score (nSPS) is 10.7. The van der Waals surface area contributed by atoms with E-state index in [2.05, 4.69) is 10.6 Å². The van der Waals surface area contributed by atoms with Crippen LogP contribution in [0.4, 0.5) is 10.5 Å². The SMILES string of the molecule is COc1cc(NC(=O)NC(C)(C)C)ccc1C(=O)O. The first-order valence-corrected chi connectivity index (χ1v) is 5.73. The highest BCUT2D eigenvalue weighted by Gasteiger charge is 2.15. The van der Waals surface area contributed by atoms with E-state index in [0.717, 1.165) is 0 Å². The Morgan fingerprint density at radius 3 is 2.37 bits per heavy atom. The Balaban J connectivity index is 2.86. The molecule has 0 aliphatic rings. The molecular formula is C13H18N2O4. The van der Waals surface area contributed by atoms with Crippen LogP contribution in [-0.4, -0.2) is 29.8 Å². The number of amides is 2. The number of methoxy groups -OCH3 is 1. The van der Waals surface area contributed by atoms with Crippen LogP contribution in [0.25, 0.3) is 0 Å². The number of carbonyl (C=O) groups is 2. The van der Waals surface area contributed by atoms with E-state index in [0.29, 0.717) is 5.69 Å². The van der Waals surface area contributed by atoms with Crippen LogP contribution >= 0.6 is 0 Å². The lowest BCUT2D eigenvalue weighted by Crippen LogP contribution is -2.43. The van der Waals surface area contributed by atoms with Crippen LogP contribution in [0, 0.1) is 0 Å². The van der Waals surface area contributed by atoms with Gasteiger partial charge in [-0.3, -0.25) is 0 Å². The second-order valence-corrected chi connectivity index (χ2v) is 5.05. The highest BCUT2D eigenvalue weighted by Crippen LogP contribution is 2.23. The summed E-state index contributed by atoms with van der Waals surface area (Å²) in [6.07, 6.45) is 0. The van der Waals surface area contributed by atoms with Crippen LogP contribution in [0.3, 0.4) is 0 Å². The number of carbonyl (C=O) groups excluding carboxylic acids is 1. The lowest BCUT2D eigenvalue weighted by molar-refractivity contribution is 0.0693. The zero-order chi connectivity index (χ0) is 14.6. The van der Waals surface area contributed by atoms with Crippen molar-refractivity contribution >= 4 is 17.7 Å². The van der Waals surface area contributed by atoms with Crippen molar-refractivity contribution in [2.24, 2.45) is 0 Å². The molecule has 0 unspecified atom stereocenters. The van der Waals surface area contributed by atoms with Gasteiger partial charge in [-0.15, -0.1) is 0 Å². The Labute approximate surface area is 111 Å². The van der Waals surface area contributed by atoms with Crippen molar-refractivity contribution in [1.82, 2.24) is 5.32 Å². The van der Waals surface area contributed by atoms with E-state index in [9.17, 15) is 9.59 Å². The van der Waals surface area contributed by atoms with Gasteiger partial charge >= 0.3 is 12.0 Å². The number of ether oxygens (including phenoxy) is 1. The first-order valence-electron chi connectivity index (χ1n) is 5.73. The molecule has 1 rings (SSSR count). The smallest absolute Gasteiger partial charge is 0.339 e. The van der Waals surface area contributed by atoms with Crippen molar-refractivity contribution < 1.29 is 19.4 Å². The summed E-state index contributed by atoms with van der Waals surface area (Å²) in [7, 11) is 1.38. The molecule has 0 spiro atoms. The zero-order valence-electron chi connectivity index (χ0n) is 11.4. The van der Waals surface area contributed by atoms with Gasteiger partial charge in [0.05, 0.1) is 7.11 Å². The van der Waals surface area contributed by atoms with Crippen LogP contribution in [0.2, 0.25) is 0 Å². The largest absolute Gasteiger partial charge is 0.496 e. The second kappa shape index (κ2) is 5.60. The highest BCUT2D eigenvalue weighted by atomic mass is 16.5. The molecule has 0 aromatic heterocycles. The zero-order valence-corrected chi connectivity index (χ0v) is 11.4. The molecule has 0 saturated heterocycles. The monoisotopic (exact) mass is 266 g/mol. The van der Waals surface area contributed by atoms with E-state index < -0.39 is 5.97 Å². The van der Waals surface area contributed by atoms with Gasteiger partial charge in [-0.1, -0.05) is 0 Å². The Morgan fingerprint density at radius 1 is 1.26 bits per heavy atom. The van der Waals surface area contributed by atoms with Crippen LogP contribution < -0.4 is 15.4 Å². The van der Waals surface area contributed by atoms with Crippen molar-refractivity contribution in [3.8, 4) is 5.75 Å². The van der Waals surface area contributed by atoms with Crippen LogP contribution in [0.5, 0.6) is 5.75 Å².